The highest BCUT2D eigenvalue weighted by molar-refractivity contribution is 6.30. The minimum atomic E-state index is -0.524. The van der Waals surface area contributed by atoms with Crippen molar-refractivity contribution in [3.8, 4) is 5.75 Å². The number of ether oxygens (including phenoxy) is 4. The van der Waals surface area contributed by atoms with Crippen LogP contribution in [0.3, 0.4) is 0 Å². The normalized spacial score (nSPS) is 13.4. The fourth-order valence-corrected chi connectivity index (χ4v) is 5.31. The van der Waals surface area contributed by atoms with Crippen LogP contribution in [-0.2, 0) is 32.1 Å². The number of carbonyl (C=O) groups excluding carboxylic acids is 4. The van der Waals surface area contributed by atoms with Crippen molar-refractivity contribution >= 4 is 41.1 Å². The summed E-state index contributed by atoms with van der Waals surface area (Å²) in [5.74, 6) is -0.426. The van der Waals surface area contributed by atoms with Crippen molar-refractivity contribution in [1.82, 2.24) is 10.2 Å². The lowest BCUT2D eigenvalue weighted by molar-refractivity contribution is -0.142. The van der Waals surface area contributed by atoms with Crippen molar-refractivity contribution in [3.63, 3.8) is 0 Å². The number of piperidine rings is 1. The number of rotatable bonds is 14. The Labute approximate surface area is 292 Å². The lowest BCUT2D eigenvalue weighted by atomic mass is 10.0. The number of esters is 2. The van der Waals surface area contributed by atoms with Gasteiger partial charge in [-0.15, -0.1) is 0 Å². The summed E-state index contributed by atoms with van der Waals surface area (Å²) in [5, 5.41) is 6.95. The second-order valence-electron chi connectivity index (χ2n) is 12.6. The molecule has 2 N–H and O–H groups in total. The molecular weight excluding hydrogens is 650 g/mol. The highest BCUT2D eigenvalue weighted by Gasteiger charge is 2.27. The zero-order valence-electron chi connectivity index (χ0n) is 28.4. The molecule has 11 nitrogen and oxygen atoms in total. The van der Waals surface area contributed by atoms with Crippen LogP contribution in [0.15, 0.2) is 66.7 Å². The smallest absolute Gasteiger partial charge is 0.410 e. The molecule has 49 heavy (non-hydrogen) atoms. The first-order valence-electron chi connectivity index (χ1n) is 16.2. The average Bonchev–Trinajstić information content (AvgIpc) is 3.07. The molecule has 1 fully saturated rings. The quantitative estimate of drug-likeness (QED) is 0.111. The number of amides is 1. The Balaban J connectivity index is 1.25. The highest BCUT2D eigenvalue weighted by Crippen LogP contribution is 2.24. The SMILES string of the molecule is COC(=O)c1cccc(NCc2ccc(OC3CCN(C(=O)OC(C)(C)C)CC3)cc2)c1CNCC(=O)OCCC(=O)c1ccc(Cl)cc1. The third kappa shape index (κ3) is 11.8. The van der Waals surface area contributed by atoms with Gasteiger partial charge >= 0.3 is 18.0 Å². The number of carbonyl (C=O) groups is 4. The lowest BCUT2D eigenvalue weighted by Gasteiger charge is -2.33. The number of anilines is 1. The number of nitrogens with one attached hydrogen (secondary N) is 2. The van der Waals surface area contributed by atoms with Crippen LogP contribution in [0, 0.1) is 0 Å². The van der Waals surface area contributed by atoms with Crippen molar-refractivity contribution in [1.29, 1.82) is 0 Å². The standard InChI is InChI=1S/C37H44ClN3O8/c1-37(2,3)49-36(45)41-19-16-29(17-20-41)48-28-14-8-25(9-15-28)22-40-32-7-5-6-30(35(44)46-4)31(32)23-39-24-34(43)47-21-18-33(42)26-10-12-27(38)13-11-26/h5-15,29,39-40H,16-24H2,1-4H3. The van der Waals surface area contributed by atoms with Gasteiger partial charge in [0.05, 0.1) is 25.8 Å². The number of ketones is 1. The summed E-state index contributed by atoms with van der Waals surface area (Å²) in [4.78, 5) is 51.3. The summed E-state index contributed by atoms with van der Waals surface area (Å²) in [5.41, 5.74) is 2.67. The Bertz CT molecular complexity index is 1580. The predicted octanol–water partition coefficient (Wildman–Crippen LogP) is 6.42. The molecule has 0 radical (unpaired) electrons. The maximum absolute atomic E-state index is 12.6. The second kappa shape index (κ2) is 17.7. The molecule has 3 aromatic carbocycles. The van der Waals surface area contributed by atoms with Crippen LogP contribution in [0.2, 0.25) is 5.02 Å². The monoisotopic (exact) mass is 693 g/mol. The fraction of sp³-hybridized carbons (Fsp3) is 0.405. The van der Waals surface area contributed by atoms with Crippen LogP contribution >= 0.6 is 11.6 Å². The second-order valence-corrected chi connectivity index (χ2v) is 13.0. The van der Waals surface area contributed by atoms with E-state index in [4.69, 9.17) is 30.5 Å². The molecule has 0 spiro atoms. The molecule has 4 rings (SSSR count). The zero-order chi connectivity index (χ0) is 35.4. The number of benzene rings is 3. The number of hydrogen-bond acceptors (Lipinski definition) is 10. The van der Waals surface area contributed by atoms with Crippen LogP contribution < -0.4 is 15.4 Å². The van der Waals surface area contributed by atoms with Gasteiger partial charge in [0.25, 0.3) is 0 Å². The Hall–Kier alpha value is -4.61. The van der Waals surface area contributed by atoms with Gasteiger partial charge in [-0.25, -0.2) is 9.59 Å². The molecule has 12 heteroatoms. The Morgan fingerprint density at radius 1 is 0.918 bits per heavy atom. The summed E-state index contributed by atoms with van der Waals surface area (Å²) in [6, 6.07) is 19.6. The minimum absolute atomic E-state index is 0.00733. The largest absolute Gasteiger partial charge is 0.490 e. The third-order valence-corrected chi connectivity index (χ3v) is 7.97. The first-order valence-corrected chi connectivity index (χ1v) is 16.6. The van der Waals surface area contributed by atoms with Gasteiger partial charge in [0.2, 0.25) is 0 Å². The van der Waals surface area contributed by atoms with Crippen molar-refractivity contribution in [3.05, 3.63) is 94.0 Å². The van der Waals surface area contributed by atoms with E-state index >= 15 is 0 Å². The number of halogens is 1. The van der Waals surface area contributed by atoms with E-state index in [-0.39, 0.29) is 44.1 Å². The summed E-state index contributed by atoms with van der Waals surface area (Å²) < 4.78 is 21.9. The number of nitrogens with zero attached hydrogens (tertiary/aromatic N) is 1. The van der Waals surface area contributed by atoms with Crippen LogP contribution in [0.25, 0.3) is 0 Å². The van der Waals surface area contributed by atoms with Crippen molar-refractivity contribution in [2.75, 3.05) is 38.7 Å². The van der Waals surface area contributed by atoms with Crippen molar-refractivity contribution < 1.29 is 38.1 Å². The molecular formula is C37H44ClN3O8. The van der Waals surface area contributed by atoms with Gasteiger partial charge in [0, 0.05) is 67.3 Å². The minimum Gasteiger partial charge on any atom is -0.490 e. The first kappa shape index (κ1) is 37.2. The van der Waals surface area contributed by atoms with Gasteiger partial charge in [0.15, 0.2) is 5.78 Å². The van der Waals surface area contributed by atoms with Gasteiger partial charge in [-0.2, -0.15) is 0 Å². The summed E-state index contributed by atoms with van der Waals surface area (Å²) in [7, 11) is 1.32. The van der Waals surface area contributed by atoms with Gasteiger partial charge < -0.3 is 34.5 Å². The van der Waals surface area contributed by atoms with Gasteiger partial charge in [0.1, 0.15) is 17.5 Å². The molecule has 0 atom stereocenters. The maximum Gasteiger partial charge on any atom is 0.410 e. The lowest BCUT2D eigenvalue weighted by Crippen LogP contribution is -2.44. The van der Waals surface area contributed by atoms with E-state index in [0.717, 1.165) is 24.2 Å². The highest BCUT2D eigenvalue weighted by atomic mass is 35.5. The molecule has 3 aromatic rings. The van der Waals surface area contributed by atoms with Gasteiger partial charge in [-0.3, -0.25) is 9.59 Å². The van der Waals surface area contributed by atoms with Crippen molar-refractivity contribution in [2.24, 2.45) is 0 Å². The molecule has 0 aliphatic carbocycles. The van der Waals surface area contributed by atoms with Crippen LogP contribution in [0.4, 0.5) is 10.5 Å². The van der Waals surface area contributed by atoms with E-state index in [0.29, 0.717) is 47.0 Å². The molecule has 1 aliphatic heterocycles. The van der Waals surface area contributed by atoms with Crippen LogP contribution in [0.5, 0.6) is 5.75 Å². The molecule has 1 saturated heterocycles. The van der Waals surface area contributed by atoms with Crippen LogP contribution in [0.1, 0.15) is 71.9 Å². The molecule has 1 heterocycles. The van der Waals surface area contributed by atoms with E-state index < -0.39 is 17.5 Å². The Morgan fingerprint density at radius 2 is 1.61 bits per heavy atom. The zero-order valence-corrected chi connectivity index (χ0v) is 29.1. The molecule has 1 aliphatic rings. The number of Topliss-reactive ketones (excluding diaryl/α,β-unsaturated/α-hetero) is 1. The van der Waals surface area contributed by atoms with E-state index in [2.05, 4.69) is 10.6 Å². The van der Waals surface area contributed by atoms with Crippen LogP contribution in [-0.4, -0.2) is 73.8 Å². The number of hydrogen-bond donors (Lipinski definition) is 2. The topological polar surface area (TPSA) is 133 Å². The van der Waals surface area contributed by atoms with Gasteiger partial charge in [-0.1, -0.05) is 29.8 Å². The third-order valence-electron chi connectivity index (χ3n) is 7.71. The number of likely N-dealkylation sites (tertiary alicyclic amines) is 1. The molecule has 0 saturated carbocycles. The van der Waals surface area contributed by atoms with E-state index in [9.17, 15) is 19.2 Å². The Kier molecular flexibility index (Phi) is 13.4. The maximum atomic E-state index is 12.6. The summed E-state index contributed by atoms with van der Waals surface area (Å²) in [6.07, 6.45) is 1.20. The van der Waals surface area contributed by atoms with E-state index in [1.54, 1.807) is 41.3 Å². The molecule has 0 bridgehead atoms. The first-order chi connectivity index (χ1) is 23.4. The summed E-state index contributed by atoms with van der Waals surface area (Å²) in [6.45, 7) is 7.22. The number of methoxy groups -OCH3 is 1. The molecule has 1 amide bonds. The van der Waals surface area contributed by atoms with E-state index in [1.165, 1.54) is 7.11 Å². The Morgan fingerprint density at radius 3 is 2.27 bits per heavy atom. The average molecular weight is 694 g/mol. The van der Waals surface area contributed by atoms with Gasteiger partial charge in [-0.05, 0) is 74.9 Å². The predicted molar refractivity (Wildman–Crippen MR) is 186 cm³/mol. The van der Waals surface area contributed by atoms with Crippen molar-refractivity contribution in [2.45, 2.75) is 64.8 Å². The molecule has 0 aromatic heterocycles. The van der Waals surface area contributed by atoms with E-state index in [1.807, 2.05) is 51.1 Å². The molecule has 262 valence electrons. The summed E-state index contributed by atoms with van der Waals surface area (Å²) >= 11 is 5.87. The fourth-order valence-electron chi connectivity index (χ4n) is 5.18. The molecule has 0 unspecified atom stereocenters.